The van der Waals surface area contributed by atoms with E-state index in [1.165, 1.54) is 0 Å². The molecule has 0 fully saturated rings. The Balaban J connectivity index is 3.07. The molecule has 0 bridgehead atoms. The van der Waals surface area contributed by atoms with Gasteiger partial charge < -0.3 is 4.74 Å². The van der Waals surface area contributed by atoms with Gasteiger partial charge in [-0.2, -0.15) is 5.26 Å². The number of nitriles is 1. The Hall–Kier alpha value is -1.49. The minimum atomic E-state index is 0.635. The molecule has 1 aromatic carbocycles. The standard InChI is InChI=1S/C10H11NO/c1-3-12-10-6-4-5-9(7-11)8(10)2/h4-6H,3H2,1-2H3. The summed E-state index contributed by atoms with van der Waals surface area (Å²) in [4.78, 5) is 0. The van der Waals surface area contributed by atoms with Gasteiger partial charge in [0, 0.05) is 5.56 Å². The van der Waals surface area contributed by atoms with Crippen LogP contribution in [0.5, 0.6) is 5.75 Å². The molecule has 0 saturated heterocycles. The molecule has 2 heteroatoms. The molecule has 0 atom stereocenters. The van der Waals surface area contributed by atoms with Gasteiger partial charge in [-0.05, 0) is 26.0 Å². The molecule has 0 aliphatic heterocycles. The third kappa shape index (κ3) is 1.57. The number of ether oxygens (including phenoxy) is 1. The normalized spacial score (nSPS) is 9.08. The molecule has 62 valence electrons. The summed E-state index contributed by atoms with van der Waals surface area (Å²) in [6, 6.07) is 7.61. The number of hydrogen-bond donors (Lipinski definition) is 0. The van der Waals surface area contributed by atoms with Crippen LogP contribution in [0.1, 0.15) is 18.1 Å². The van der Waals surface area contributed by atoms with Crippen LogP contribution < -0.4 is 4.74 Å². The molecule has 0 N–H and O–H groups in total. The summed E-state index contributed by atoms with van der Waals surface area (Å²) in [5.41, 5.74) is 1.60. The van der Waals surface area contributed by atoms with E-state index < -0.39 is 0 Å². The molecule has 1 rings (SSSR count). The first kappa shape index (κ1) is 8.61. The fourth-order valence-electron chi connectivity index (χ4n) is 1.05. The summed E-state index contributed by atoms with van der Waals surface area (Å²) in [6.07, 6.45) is 0. The van der Waals surface area contributed by atoms with Gasteiger partial charge in [0.25, 0.3) is 0 Å². The molecule has 0 unspecified atom stereocenters. The minimum absolute atomic E-state index is 0.635. The second-order valence-electron chi connectivity index (χ2n) is 2.47. The summed E-state index contributed by atoms with van der Waals surface area (Å²) >= 11 is 0. The van der Waals surface area contributed by atoms with E-state index in [0.717, 1.165) is 11.3 Å². The van der Waals surface area contributed by atoms with Crippen molar-refractivity contribution in [1.29, 1.82) is 5.26 Å². The summed E-state index contributed by atoms with van der Waals surface area (Å²) < 4.78 is 5.33. The smallest absolute Gasteiger partial charge is 0.123 e. The molecule has 0 aliphatic rings. The highest BCUT2D eigenvalue weighted by Gasteiger charge is 2.02. The van der Waals surface area contributed by atoms with Crippen LogP contribution in [0, 0.1) is 18.3 Å². The van der Waals surface area contributed by atoms with Crippen LogP contribution in [-0.4, -0.2) is 6.61 Å². The van der Waals surface area contributed by atoms with Crippen LogP contribution in [0.3, 0.4) is 0 Å². The van der Waals surface area contributed by atoms with Crippen LogP contribution in [0.25, 0.3) is 0 Å². The van der Waals surface area contributed by atoms with Crippen LogP contribution in [0.15, 0.2) is 18.2 Å². The first-order valence-corrected chi connectivity index (χ1v) is 3.92. The van der Waals surface area contributed by atoms with Crippen molar-refractivity contribution >= 4 is 0 Å². The zero-order valence-electron chi connectivity index (χ0n) is 7.29. The van der Waals surface area contributed by atoms with Crippen molar-refractivity contribution in [3.63, 3.8) is 0 Å². The van der Waals surface area contributed by atoms with Gasteiger partial charge in [0.1, 0.15) is 5.75 Å². The second kappa shape index (κ2) is 3.77. The Morgan fingerprint density at radius 3 is 2.83 bits per heavy atom. The Bertz CT molecular complexity index is 312. The van der Waals surface area contributed by atoms with Crippen LogP contribution in [0.4, 0.5) is 0 Å². The highest BCUT2D eigenvalue weighted by atomic mass is 16.5. The van der Waals surface area contributed by atoms with Crippen LogP contribution in [-0.2, 0) is 0 Å². The van der Waals surface area contributed by atoms with Crippen molar-refractivity contribution in [2.45, 2.75) is 13.8 Å². The second-order valence-corrected chi connectivity index (χ2v) is 2.47. The van der Waals surface area contributed by atoms with Gasteiger partial charge in [0.05, 0.1) is 18.2 Å². The molecule has 2 nitrogen and oxygen atoms in total. The van der Waals surface area contributed by atoms with E-state index in [9.17, 15) is 0 Å². The number of rotatable bonds is 2. The van der Waals surface area contributed by atoms with Crippen molar-refractivity contribution in [2.24, 2.45) is 0 Å². The number of benzene rings is 1. The molecule has 0 heterocycles. The average Bonchev–Trinajstić information content (AvgIpc) is 2.09. The maximum atomic E-state index is 8.71. The third-order valence-corrected chi connectivity index (χ3v) is 1.70. The van der Waals surface area contributed by atoms with E-state index in [1.807, 2.05) is 26.0 Å². The lowest BCUT2D eigenvalue weighted by Crippen LogP contribution is -1.95. The predicted molar refractivity (Wildman–Crippen MR) is 47.1 cm³/mol. The van der Waals surface area contributed by atoms with Crippen LogP contribution >= 0.6 is 0 Å². The van der Waals surface area contributed by atoms with Crippen molar-refractivity contribution in [2.75, 3.05) is 6.61 Å². The lowest BCUT2D eigenvalue weighted by molar-refractivity contribution is 0.338. The molecule has 0 spiro atoms. The summed E-state index contributed by atoms with van der Waals surface area (Å²) in [5, 5.41) is 8.71. The fourth-order valence-corrected chi connectivity index (χ4v) is 1.05. The quantitative estimate of drug-likeness (QED) is 0.666. The topological polar surface area (TPSA) is 33.0 Å². The van der Waals surface area contributed by atoms with E-state index in [2.05, 4.69) is 6.07 Å². The lowest BCUT2D eigenvalue weighted by atomic mass is 10.1. The monoisotopic (exact) mass is 161 g/mol. The Kier molecular flexibility index (Phi) is 2.71. The van der Waals surface area contributed by atoms with E-state index in [-0.39, 0.29) is 0 Å². The van der Waals surface area contributed by atoms with Crippen molar-refractivity contribution in [3.8, 4) is 11.8 Å². The molecule has 0 amide bonds. The molecule has 0 radical (unpaired) electrons. The van der Waals surface area contributed by atoms with Gasteiger partial charge in [-0.1, -0.05) is 6.07 Å². The molecule has 0 saturated carbocycles. The predicted octanol–water partition coefficient (Wildman–Crippen LogP) is 2.27. The Labute approximate surface area is 72.4 Å². The Morgan fingerprint density at radius 2 is 2.25 bits per heavy atom. The highest BCUT2D eigenvalue weighted by Crippen LogP contribution is 2.20. The zero-order valence-corrected chi connectivity index (χ0v) is 7.29. The van der Waals surface area contributed by atoms with Crippen molar-refractivity contribution in [1.82, 2.24) is 0 Å². The van der Waals surface area contributed by atoms with E-state index in [4.69, 9.17) is 10.00 Å². The highest BCUT2D eigenvalue weighted by molar-refractivity contribution is 5.45. The lowest BCUT2D eigenvalue weighted by Gasteiger charge is -2.06. The molecule has 0 aromatic heterocycles. The van der Waals surface area contributed by atoms with Gasteiger partial charge in [-0.25, -0.2) is 0 Å². The van der Waals surface area contributed by atoms with Gasteiger partial charge in [-0.3, -0.25) is 0 Å². The van der Waals surface area contributed by atoms with Crippen molar-refractivity contribution in [3.05, 3.63) is 29.3 Å². The SMILES string of the molecule is CCOc1cccc(C#N)c1C. The average molecular weight is 161 g/mol. The minimum Gasteiger partial charge on any atom is -0.494 e. The number of hydrogen-bond acceptors (Lipinski definition) is 2. The van der Waals surface area contributed by atoms with E-state index in [1.54, 1.807) is 6.07 Å². The molecule has 0 aliphatic carbocycles. The van der Waals surface area contributed by atoms with E-state index in [0.29, 0.717) is 12.2 Å². The fraction of sp³-hybridized carbons (Fsp3) is 0.300. The van der Waals surface area contributed by atoms with E-state index >= 15 is 0 Å². The molecule has 1 aromatic rings. The number of nitrogens with zero attached hydrogens (tertiary/aromatic N) is 1. The largest absolute Gasteiger partial charge is 0.494 e. The molecular formula is C10H11NO. The van der Waals surface area contributed by atoms with Crippen molar-refractivity contribution < 1.29 is 4.74 Å². The summed E-state index contributed by atoms with van der Waals surface area (Å²) in [7, 11) is 0. The maximum Gasteiger partial charge on any atom is 0.123 e. The molecule has 12 heavy (non-hydrogen) atoms. The summed E-state index contributed by atoms with van der Waals surface area (Å²) in [5.74, 6) is 0.802. The van der Waals surface area contributed by atoms with Gasteiger partial charge in [0.2, 0.25) is 0 Å². The van der Waals surface area contributed by atoms with Gasteiger partial charge in [-0.15, -0.1) is 0 Å². The van der Waals surface area contributed by atoms with Gasteiger partial charge >= 0.3 is 0 Å². The zero-order chi connectivity index (χ0) is 8.97. The first-order chi connectivity index (χ1) is 5.79. The third-order valence-electron chi connectivity index (χ3n) is 1.70. The van der Waals surface area contributed by atoms with Gasteiger partial charge in [0.15, 0.2) is 0 Å². The molecular weight excluding hydrogens is 150 g/mol. The first-order valence-electron chi connectivity index (χ1n) is 3.92. The van der Waals surface area contributed by atoms with Crippen LogP contribution in [0.2, 0.25) is 0 Å². The maximum absolute atomic E-state index is 8.71. The Morgan fingerprint density at radius 1 is 1.50 bits per heavy atom. The summed E-state index contributed by atoms with van der Waals surface area (Å²) in [6.45, 7) is 4.46.